The number of likely N-dealkylation sites (tertiary alicyclic amines) is 2. The van der Waals surface area contributed by atoms with Gasteiger partial charge in [0.2, 0.25) is 5.91 Å². The molecular formula is C19H36ClN3O. The molecular weight excluding hydrogens is 322 g/mol. The van der Waals surface area contributed by atoms with E-state index in [-0.39, 0.29) is 24.4 Å². The second-order valence-corrected chi connectivity index (χ2v) is 8.12. The summed E-state index contributed by atoms with van der Waals surface area (Å²) in [6.45, 7) is 5.67. The van der Waals surface area contributed by atoms with Gasteiger partial charge in [-0.25, -0.2) is 0 Å². The summed E-state index contributed by atoms with van der Waals surface area (Å²) in [5.74, 6) is 1.69. The van der Waals surface area contributed by atoms with E-state index in [1.165, 1.54) is 77.4 Å². The van der Waals surface area contributed by atoms with Crippen LogP contribution in [0.3, 0.4) is 0 Å². The highest BCUT2D eigenvalue weighted by atomic mass is 35.5. The van der Waals surface area contributed by atoms with Gasteiger partial charge in [-0.05, 0) is 57.0 Å². The monoisotopic (exact) mass is 357 g/mol. The van der Waals surface area contributed by atoms with E-state index in [0.717, 1.165) is 25.4 Å². The van der Waals surface area contributed by atoms with Crippen LogP contribution in [-0.2, 0) is 4.79 Å². The first-order valence-electron chi connectivity index (χ1n) is 9.99. The highest BCUT2D eigenvalue weighted by Crippen LogP contribution is 2.28. The molecule has 0 spiro atoms. The Kier molecular flexibility index (Phi) is 8.32. The van der Waals surface area contributed by atoms with E-state index in [1.54, 1.807) is 0 Å². The molecule has 0 aromatic carbocycles. The Morgan fingerprint density at radius 2 is 1.50 bits per heavy atom. The average molecular weight is 358 g/mol. The molecule has 0 aromatic rings. The summed E-state index contributed by atoms with van der Waals surface area (Å²) in [4.78, 5) is 17.3. The Balaban J connectivity index is 0.00000208. The molecule has 140 valence electrons. The molecule has 5 heteroatoms. The number of carbonyl (C=O) groups is 1. The number of hydrogen-bond donors (Lipinski definition) is 1. The van der Waals surface area contributed by atoms with E-state index in [1.807, 2.05) is 4.90 Å². The van der Waals surface area contributed by atoms with Crippen LogP contribution >= 0.6 is 12.4 Å². The lowest BCUT2D eigenvalue weighted by Gasteiger charge is -2.35. The zero-order valence-corrected chi connectivity index (χ0v) is 15.9. The maximum Gasteiger partial charge on any atom is 0.239 e. The molecule has 1 unspecified atom stereocenters. The van der Waals surface area contributed by atoms with Crippen LogP contribution in [0.25, 0.3) is 0 Å². The number of rotatable bonds is 5. The molecule has 24 heavy (non-hydrogen) atoms. The number of carbonyl (C=O) groups excluding carboxylic acids is 1. The van der Waals surface area contributed by atoms with Gasteiger partial charge in [0, 0.05) is 19.6 Å². The minimum atomic E-state index is -0.256. The predicted molar refractivity (Wildman–Crippen MR) is 101 cm³/mol. The first-order valence-corrected chi connectivity index (χ1v) is 9.99. The summed E-state index contributed by atoms with van der Waals surface area (Å²) < 4.78 is 0. The van der Waals surface area contributed by atoms with Crippen LogP contribution in [0.1, 0.15) is 64.2 Å². The predicted octanol–water partition coefficient (Wildman–Crippen LogP) is 3.04. The van der Waals surface area contributed by atoms with E-state index < -0.39 is 0 Å². The van der Waals surface area contributed by atoms with Gasteiger partial charge < -0.3 is 15.5 Å². The maximum atomic E-state index is 12.6. The summed E-state index contributed by atoms with van der Waals surface area (Å²) in [5, 5.41) is 0. The lowest BCUT2D eigenvalue weighted by Crippen LogP contribution is -2.48. The van der Waals surface area contributed by atoms with Gasteiger partial charge in [0.25, 0.3) is 0 Å². The molecule has 0 radical (unpaired) electrons. The fraction of sp³-hybridized carbons (Fsp3) is 0.947. The van der Waals surface area contributed by atoms with Crippen LogP contribution in [0.4, 0.5) is 0 Å². The molecule has 3 aliphatic rings. The molecule has 0 aromatic heterocycles. The van der Waals surface area contributed by atoms with Crippen LogP contribution in [0.2, 0.25) is 0 Å². The molecule has 1 aliphatic carbocycles. The van der Waals surface area contributed by atoms with E-state index >= 15 is 0 Å². The molecule has 3 rings (SSSR count). The van der Waals surface area contributed by atoms with Crippen LogP contribution in [0, 0.1) is 11.8 Å². The number of amides is 1. The minimum Gasteiger partial charge on any atom is -0.341 e. The van der Waals surface area contributed by atoms with Gasteiger partial charge in [-0.1, -0.05) is 32.1 Å². The van der Waals surface area contributed by atoms with E-state index in [9.17, 15) is 4.79 Å². The maximum absolute atomic E-state index is 12.6. The van der Waals surface area contributed by atoms with Crippen molar-refractivity contribution >= 4 is 18.3 Å². The van der Waals surface area contributed by atoms with E-state index in [2.05, 4.69) is 4.90 Å². The molecule has 4 nitrogen and oxygen atoms in total. The zero-order chi connectivity index (χ0) is 16.1. The van der Waals surface area contributed by atoms with Crippen molar-refractivity contribution in [1.82, 2.24) is 9.80 Å². The fourth-order valence-electron chi connectivity index (χ4n) is 4.78. The quantitative estimate of drug-likeness (QED) is 0.822. The third-order valence-corrected chi connectivity index (χ3v) is 6.27. The van der Waals surface area contributed by atoms with Crippen molar-refractivity contribution in [2.24, 2.45) is 17.6 Å². The zero-order valence-electron chi connectivity index (χ0n) is 15.1. The van der Waals surface area contributed by atoms with Crippen molar-refractivity contribution in [3.05, 3.63) is 0 Å². The number of piperidine rings is 1. The molecule has 1 atom stereocenters. The molecule has 0 bridgehead atoms. The van der Waals surface area contributed by atoms with Crippen molar-refractivity contribution in [3.8, 4) is 0 Å². The van der Waals surface area contributed by atoms with Crippen LogP contribution in [0.15, 0.2) is 0 Å². The summed E-state index contributed by atoms with van der Waals surface area (Å²) in [6, 6.07) is -0.256. The average Bonchev–Trinajstić information content (AvgIpc) is 3.09. The van der Waals surface area contributed by atoms with Crippen LogP contribution in [-0.4, -0.2) is 54.5 Å². The summed E-state index contributed by atoms with van der Waals surface area (Å²) >= 11 is 0. The molecule has 2 N–H and O–H groups in total. The topological polar surface area (TPSA) is 49.6 Å². The van der Waals surface area contributed by atoms with Gasteiger partial charge >= 0.3 is 0 Å². The molecule has 1 saturated carbocycles. The molecule has 2 aliphatic heterocycles. The van der Waals surface area contributed by atoms with Gasteiger partial charge in [0.15, 0.2) is 0 Å². The standard InChI is InChI=1S/C19H35N3O.ClH/c20-18(14-16-6-2-1-3-7-16)19(23)22-12-8-17(9-13-22)15-21-10-4-5-11-21;/h16-18H,1-15,20H2;1H. The van der Waals surface area contributed by atoms with E-state index in [0.29, 0.717) is 5.92 Å². The Bertz CT molecular complexity index is 373. The summed E-state index contributed by atoms with van der Waals surface area (Å²) in [6.07, 6.45) is 12.5. The second kappa shape index (κ2) is 9.98. The Morgan fingerprint density at radius 3 is 2.12 bits per heavy atom. The Labute approximate surface area is 153 Å². The second-order valence-electron chi connectivity index (χ2n) is 8.12. The van der Waals surface area contributed by atoms with Crippen LogP contribution in [0.5, 0.6) is 0 Å². The smallest absolute Gasteiger partial charge is 0.239 e. The lowest BCUT2D eigenvalue weighted by molar-refractivity contribution is -0.134. The number of nitrogens with zero attached hydrogens (tertiary/aromatic N) is 2. The minimum absolute atomic E-state index is 0. The molecule has 2 saturated heterocycles. The Morgan fingerprint density at radius 1 is 0.875 bits per heavy atom. The van der Waals surface area contributed by atoms with Crippen molar-refractivity contribution in [2.45, 2.75) is 70.3 Å². The van der Waals surface area contributed by atoms with Gasteiger partial charge in [-0.2, -0.15) is 0 Å². The fourth-order valence-corrected chi connectivity index (χ4v) is 4.78. The third-order valence-electron chi connectivity index (χ3n) is 6.27. The van der Waals surface area contributed by atoms with Gasteiger partial charge in [-0.15, -0.1) is 12.4 Å². The number of halogens is 1. The first kappa shape index (κ1) is 20.0. The highest BCUT2D eigenvalue weighted by molar-refractivity contribution is 5.85. The highest BCUT2D eigenvalue weighted by Gasteiger charge is 2.29. The van der Waals surface area contributed by atoms with Crippen molar-refractivity contribution in [2.75, 3.05) is 32.7 Å². The third kappa shape index (κ3) is 5.60. The van der Waals surface area contributed by atoms with Gasteiger partial charge in [0.1, 0.15) is 0 Å². The number of hydrogen-bond acceptors (Lipinski definition) is 3. The molecule has 2 heterocycles. The van der Waals surface area contributed by atoms with Crippen molar-refractivity contribution in [1.29, 1.82) is 0 Å². The summed E-state index contributed by atoms with van der Waals surface area (Å²) in [5.41, 5.74) is 6.25. The van der Waals surface area contributed by atoms with Crippen molar-refractivity contribution in [3.63, 3.8) is 0 Å². The lowest BCUT2D eigenvalue weighted by atomic mass is 9.84. The molecule has 1 amide bonds. The van der Waals surface area contributed by atoms with Crippen molar-refractivity contribution < 1.29 is 4.79 Å². The van der Waals surface area contributed by atoms with Gasteiger partial charge in [-0.3, -0.25) is 4.79 Å². The van der Waals surface area contributed by atoms with Gasteiger partial charge in [0.05, 0.1) is 6.04 Å². The normalized spacial score (nSPS) is 25.5. The first-order chi connectivity index (χ1) is 11.2. The van der Waals surface area contributed by atoms with Crippen LogP contribution < -0.4 is 5.73 Å². The van der Waals surface area contributed by atoms with E-state index in [4.69, 9.17) is 5.73 Å². The summed E-state index contributed by atoms with van der Waals surface area (Å²) in [7, 11) is 0. The number of nitrogens with two attached hydrogens (primary N) is 1. The SMILES string of the molecule is Cl.NC(CC1CCCCC1)C(=O)N1CCC(CN2CCCC2)CC1. The Hall–Kier alpha value is -0.320. The molecule has 3 fully saturated rings. The largest absolute Gasteiger partial charge is 0.341 e.